The highest BCUT2D eigenvalue weighted by atomic mass is 16.9. The maximum absolute atomic E-state index is 9.25. The predicted molar refractivity (Wildman–Crippen MR) is 64.5 cm³/mol. The van der Waals surface area contributed by atoms with Gasteiger partial charge in [-0.25, -0.2) is 0 Å². The molecule has 10 heteroatoms. The van der Waals surface area contributed by atoms with Crippen LogP contribution in [0.3, 0.4) is 0 Å². The van der Waals surface area contributed by atoms with E-state index in [1.165, 1.54) is 6.42 Å². The third-order valence-electron chi connectivity index (χ3n) is 2.62. The average molecular weight is 272 g/mol. The molecular weight excluding hydrogens is 256 g/mol. The Morgan fingerprint density at radius 1 is 1.42 bits per heavy atom. The van der Waals surface area contributed by atoms with Crippen molar-refractivity contribution in [3.8, 4) is 0 Å². The third kappa shape index (κ3) is 4.33. The van der Waals surface area contributed by atoms with Crippen LogP contribution in [0.15, 0.2) is 6.07 Å². The van der Waals surface area contributed by atoms with Gasteiger partial charge in [-0.1, -0.05) is 0 Å². The van der Waals surface area contributed by atoms with Crippen LogP contribution < -0.4 is 16.3 Å². The summed E-state index contributed by atoms with van der Waals surface area (Å²) < 4.78 is 0.577. The van der Waals surface area contributed by atoms with Crippen molar-refractivity contribution < 1.29 is 15.5 Å². The number of nitrogens with two attached hydrogens (primary N) is 1. The number of nitrogens with zero attached hydrogens (tertiary/aromatic N) is 4. The molecule has 1 fully saturated rings. The van der Waals surface area contributed by atoms with Crippen LogP contribution in [0.2, 0.25) is 0 Å². The van der Waals surface area contributed by atoms with Crippen LogP contribution >= 0.6 is 0 Å². The summed E-state index contributed by atoms with van der Waals surface area (Å²) in [6.45, 7) is 1.89. The van der Waals surface area contributed by atoms with Gasteiger partial charge in [-0.2, -0.15) is 4.98 Å². The number of anilines is 2. The van der Waals surface area contributed by atoms with E-state index in [9.17, 15) is 5.21 Å². The zero-order chi connectivity index (χ0) is 14.4. The molecule has 0 spiro atoms. The summed E-state index contributed by atoms with van der Waals surface area (Å²) in [7, 11) is 0. The number of nitrogen functional groups attached to an aromatic ring is 1. The van der Waals surface area contributed by atoms with Crippen molar-refractivity contribution in [2.75, 3.05) is 23.7 Å². The summed E-state index contributed by atoms with van der Waals surface area (Å²) in [4.78, 5) is 14.4. The van der Waals surface area contributed by atoms with Gasteiger partial charge in [0.25, 0.3) is 10.7 Å². The van der Waals surface area contributed by atoms with E-state index in [1.807, 2.05) is 0 Å². The number of aromatic nitrogens is 2. The number of nitrogens with one attached hydrogen (secondary N) is 1. The van der Waals surface area contributed by atoms with Gasteiger partial charge in [0.15, 0.2) is 0 Å². The Balaban J connectivity index is 0.000000399. The zero-order valence-electron chi connectivity index (χ0n) is 10.2. The van der Waals surface area contributed by atoms with E-state index in [-0.39, 0.29) is 11.4 Å². The number of hydrogen-bond acceptors (Lipinski definition) is 7. The molecule has 10 nitrogen and oxygen atoms in total. The molecule has 0 unspecified atom stereocenters. The summed E-state index contributed by atoms with van der Waals surface area (Å²) in [5.41, 5.74) is 5.33. The number of hydrogen-bond donors (Lipinski definition) is 4. The second-order valence-electron chi connectivity index (χ2n) is 3.96. The first kappa shape index (κ1) is 14.5. The van der Waals surface area contributed by atoms with E-state index in [1.54, 1.807) is 6.07 Å². The summed E-state index contributed by atoms with van der Waals surface area (Å²) in [5.74, 6) is 0.832. The molecule has 5 N–H and O–H groups in total. The first-order valence-electron chi connectivity index (χ1n) is 5.63. The van der Waals surface area contributed by atoms with Crippen molar-refractivity contribution in [1.29, 1.82) is 5.41 Å². The van der Waals surface area contributed by atoms with Crippen LogP contribution in [0.25, 0.3) is 0 Å². The molecule has 0 bridgehead atoms. The SMILES string of the molecule is N=c1nc(N2CCCCC2)cc(N)n1O.O=[N+]([O-])O. The van der Waals surface area contributed by atoms with Gasteiger partial charge in [0.05, 0.1) is 0 Å². The monoisotopic (exact) mass is 272 g/mol. The van der Waals surface area contributed by atoms with E-state index in [4.69, 9.17) is 26.5 Å². The van der Waals surface area contributed by atoms with Gasteiger partial charge >= 0.3 is 0 Å². The van der Waals surface area contributed by atoms with Crippen LogP contribution in [0.4, 0.5) is 11.6 Å². The van der Waals surface area contributed by atoms with E-state index >= 15 is 0 Å². The Morgan fingerprint density at radius 3 is 2.42 bits per heavy atom. The molecule has 2 heterocycles. The minimum Gasteiger partial charge on any atom is -0.423 e. The zero-order valence-corrected chi connectivity index (χ0v) is 10.2. The van der Waals surface area contributed by atoms with Gasteiger partial charge in [-0.05, 0) is 19.3 Å². The minimum absolute atomic E-state index is 0.149. The van der Waals surface area contributed by atoms with E-state index in [0.717, 1.165) is 25.9 Å². The normalized spacial score (nSPS) is 14.4. The van der Waals surface area contributed by atoms with Crippen molar-refractivity contribution in [2.24, 2.45) is 0 Å². The Hall–Kier alpha value is -2.52. The first-order valence-corrected chi connectivity index (χ1v) is 5.63. The van der Waals surface area contributed by atoms with Gasteiger partial charge in [0.2, 0.25) is 0 Å². The van der Waals surface area contributed by atoms with Crippen molar-refractivity contribution in [3.05, 3.63) is 21.8 Å². The summed E-state index contributed by atoms with van der Waals surface area (Å²) in [5, 5.41) is 30.3. The number of rotatable bonds is 1. The van der Waals surface area contributed by atoms with Crippen LogP contribution in [0, 0.1) is 15.5 Å². The van der Waals surface area contributed by atoms with Crippen molar-refractivity contribution >= 4 is 11.6 Å². The van der Waals surface area contributed by atoms with Crippen molar-refractivity contribution in [1.82, 2.24) is 9.71 Å². The molecule has 19 heavy (non-hydrogen) atoms. The third-order valence-corrected chi connectivity index (χ3v) is 2.62. The van der Waals surface area contributed by atoms with Crippen LogP contribution in [0.1, 0.15) is 19.3 Å². The highest BCUT2D eigenvalue weighted by molar-refractivity contribution is 5.46. The summed E-state index contributed by atoms with van der Waals surface area (Å²) >= 11 is 0. The molecular formula is C9H16N6O4. The van der Waals surface area contributed by atoms with Crippen LogP contribution in [-0.4, -0.2) is 38.3 Å². The molecule has 0 amide bonds. The van der Waals surface area contributed by atoms with E-state index in [2.05, 4.69) is 9.88 Å². The maximum Gasteiger partial charge on any atom is 0.291 e. The lowest BCUT2D eigenvalue weighted by Gasteiger charge is -2.27. The molecule has 1 aromatic rings. The molecule has 106 valence electrons. The molecule has 0 atom stereocenters. The van der Waals surface area contributed by atoms with Crippen molar-refractivity contribution in [2.45, 2.75) is 19.3 Å². The molecule has 1 saturated heterocycles. The fraction of sp³-hybridized carbons (Fsp3) is 0.556. The van der Waals surface area contributed by atoms with Crippen molar-refractivity contribution in [3.63, 3.8) is 0 Å². The second kappa shape index (κ2) is 6.42. The highest BCUT2D eigenvalue weighted by Gasteiger charge is 2.13. The smallest absolute Gasteiger partial charge is 0.291 e. The highest BCUT2D eigenvalue weighted by Crippen LogP contribution is 2.17. The maximum atomic E-state index is 9.25. The van der Waals surface area contributed by atoms with Gasteiger partial charge in [0.1, 0.15) is 11.6 Å². The molecule has 1 aliphatic heterocycles. The Bertz CT molecular complexity index is 492. The molecule has 1 aromatic heterocycles. The molecule has 0 saturated carbocycles. The fourth-order valence-electron chi connectivity index (χ4n) is 1.79. The lowest BCUT2D eigenvalue weighted by molar-refractivity contribution is -0.742. The first-order chi connectivity index (χ1) is 8.91. The van der Waals surface area contributed by atoms with Gasteiger partial charge in [-0.3, -0.25) is 5.41 Å². The standard InChI is InChI=1S/C9H15N5O.HNO3/c10-7-6-8(12-9(11)14(7)15)13-4-2-1-3-5-13;2-1(3)4/h6,11,15H,1-5,10H2;(H,2,3,4). The molecule has 1 aliphatic rings. The quantitative estimate of drug-likeness (QED) is 0.314. The van der Waals surface area contributed by atoms with Gasteiger partial charge in [-0.15, -0.1) is 14.8 Å². The summed E-state index contributed by atoms with van der Waals surface area (Å²) in [6, 6.07) is 1.60. The topological polar surface area (TPSA) is 155 Å². The van der Waals surface area contributed by atoms with Gasteiger partial charge < -0.3 is 21.0 Å². The molecule has 0 radical (unpaired) electrons. The molecule has 0 aromatic carbocycles. The van der Waals surface area contributed by atoms with E-state index in [0.29, 0.717) is 10.5 Å². The Morgan fingerprint density at radius 2 is 1.95 bits per heavy atom. The molecule has 0 aliphatic carbocycles. The second-order valence-corrected chi connectivity index (χ2v) is 3.96. The predicted octanol–water partition coefficient (Wildman–Crippen LogP) is -0.175. The number of piperidine rings is 1. The Kier molecular flexibility index (Phi) is 4.92. The minimum atomic E-state index is -1.50. The lowest BCUT2D eigenvalue weighted by atomic mass is 10.1. The van der Waals surface area contributed by atoms with Crippen LogP contribution in [-0.2, 0) is 0 Å². The Labute approximate surface area is 108 Å². The fourth-order valence-corrected chi connectivity index (χ4v) is 1.79. The average Bonchev–Trinajstić information content (AvgIpc) is 2.36. The van der Waals surface area contributed by atoms with Crippen LogP contribution in [0.5, 0.6) is 0 Å². The van der Waals surface area contributed by atoms with Gasteiger partial charge in [0, 0.05) is 19.2 Å². The lowest BCUT2D eigenvalue weighted by Crippen LogP contribution is -2.33. The largest absolute Gasteiger partial charge is 0.423 e. The van der Waals surface area contributed by atoms with E-state index < -0.39 is 5.09 Å². The molecule has 2 rings (SSSR count). The summed E-state index contributed by atoms with van der Waals surface area (Å²) in [6.07, 6.45) is 3.53.